The molecule has 5 nitrogen and oxygen atoms in total. The molecule has 6 heteroatoms. The first kappa shape index (κ1) is 6.81. The van der Waals surface area contributed by atoms with Crippen LogP contribution < -0.4 is 5.64 Å². The molecular weight excluding hydrogens is 146 g/mol. The van der Waals surface area contributed by atoms with Gasteiger partial charge in [0.2, 0.25) is 0 Å². The number of hydrogen-bond acceptors (Lipinski definition) is 6. The molecular formula is C3H7NO4S. The first-order chi connectivity index (χ1) is 4.81. The Morgan fingerprint density at radius 2 is 2.78 bits per heavy atom. The molecule has 9 heavy (non-hydrogen) atoms. The number of carbonyl (C=O) groups is 1. The highest BCUT2D eigenvalue weighted by Crippen LogP contribution is 1.81. The molecule has 0 aromatic heterocycles. The van der Waals surface area contributed by atoms with E-state index in [-0.39, 0.29) is 25.8 Å². The maximum absolute atomic E-state index is 10.3. The Morgan fingerprint density at radius 1 is 2.00 bits per heavy atom. The van der Waals surface area contributed by atoms with Crippen LogP contribution in [-0.2, 0) is 13.9 Å². The minimum absolute atomic E-state index is 0.0982. The van der Waals surface area contributed by atoms with Gasteiger partial charge in [0.25, 0.3) is 0 Å². The Bertz CT molecular complexity index is 103. The Kier molecular flexibility index (Phi) is 4.41. The van der Waals surface area contributed by atoms with E-state index in [0.29, 0.717) is 0 Å². The SMILES string of the molecule is [3H]SONOC(=O)CCO. The molecule has 0 saturated carbocycles. The molecule has 0 heterocycles. The molecule has 0 aromatic rings. The third kappa shape index (κ3) is 5.57. The van der Waals surface area contributed by atoms with Gasteiger partial charge in [0.05, 0.1) is 13.0 Å². The minimum atomic E-state index is -0.642. The van der Waals surface area contributed by atoms with Gasteiger partial charge in [-0.15, -0.1) is 0 Å². The summed E-state index contributed by atoms with van der Waals surface area (Å²) in [6.07, 6.45) is -0.0982. The topological polar surface area (TPSA) is 67.8 Å². The van der Waals surface area contributed by atoms with Gasteiger partial charge in [-0.05, 0) is 5.64 Å². The van der Waals surface area contributed by atoms with E-state index in [9.17, 15) is 4.79 Å². The first-order valence-electron chi connectivity index (χ1n) is 2.56. The fourth-order valence-electron chi connectivity index (χ4n) is 0.206. The van der Waals surface area contributed by atoms with Crippen molar-refractivity contribution in [2.75, 3.05) is 6.61 Å². The summed E-state index contributed by atoms with van der Waals surface area (Å²) in [5.74, 6) is -0.642. The summed E-state index contributed by atoms with van der Waals surface area (Å²) >= 11 is 0.261. The molecule has 0 aliphatic rings. The van der Waals surface area contributed by atoms with Gasteiger partial charge in [0, 0.05) is 12.8 Å². The zero-order valence-electron chi connectivity index (χ0n) is 5.49. The van der Waals surface area contributed by atoms with Gasteiger partial charge >= 0.3 is 5.97 Å². The highest BCUT2D eigenvalue weighted by Gasteiger charge is 1.98. The third-order valence-electron chi connectivity index (χ3n) is 0.505. The number of nitrogens with one attached hydrogen (secondary N) is 1. The van der Waals surface area contributed by atoms with Gasteiger partial charge < -0.3 is 9.94 Å². The van der Waals surface area contributed by atoms with Crippen LogP contribution in [0.1, 0.15) is 6.42 Å². The van der Waals surface area contributed by atoms with Crippen LogP contribution in [0.5, 0.6) is 0 Å². The van der Waals surface area contributed by atoms with Crippen LogP contribution in [-0.4, -0.2) is 18.8 Å². The van der Waals surface area contributed by atoms with Gasteiger partial charge in [-0.25, -0.2) is 0 Å². The summed E-state index contributed by atoms with van der Waals surface area (Å²) in [7, 11) is 0. The molecule has 0 fully saturated rings. The zero-order valence-corrected chi connectivity index (χ0v) is 5.31. The maximum atomic E-state index is 10.3. The van der Waals surface area contributed by atoms with Crippen molar-refractivity contribution in [1.82, 2.24) is 5.64 Å². The average Bonchev–Trinajstić information content (AvgIpc) is 1.89. The molecule has 0 aromatic carbocycles. The third-order valence-corrected chi connectivity index (χ3v) is 0.573. The van der Waals surface area contributed by atoms with Gasteiger partial charge in [0.1, 0.15) is 1.12 Å². The molecule has 0 amide bonds. The lowest BCUT2D eigenvalue weighted by molar-refractivity contribution is -0.169. The van der Waals surface area contributed by atoms with Crippen LogP contribution >= 0.6 is 12.8 Å². The van der Waals surface area contributed by atoms with Crippen LogP contribution in [0, 0.1) is 0 Å². The summed E-state index contributed by atoms with van der Waals surface area (Å²) in [4.78, 5) is 14.4. The molecule has 2 N–H and O–H groups in total. The Morgan fingerprint density at radius 3 is 3.33 bits per heavy atom. The molecule has 0 rings (SSSR count). The lowest BCUT2D eigenvalue weighted by Crippen LogP contribution is -2.17. The Hall–Kier alpha value is -0.300. The predicted molar refractivity (Wildman–Crippen MR) is 31.0 cm³/mol. The monoisotopic (exact) mass is 155 g/mol. The molecule has 0 bridgehead atoms. The number of carbonyl (C=O) groups excluding carboxylic acids is 1. The largest absolute Gasteiger partial charge is 0.396 e. The summed E-state index contributed by atoms with van der Waals surface area (Å²) in [5, 5.41) is 8.18. The summed E-state index contributed by atoms with van der Waals surface area (Å²) in [6.45, 7) is -0.269. The number of aliphatic hydroxyl groups excluding tert-OH is 1. The Labute approximate surface area is 58.6 Å². The highest BCUT2D eigenvalue weighted by atomic mass is 32.1. The molecule has 0 atom stereocenters. The average molecular weight is 155 g/mol. The second-order valence-electron chi connectivity index (χ2n) is 1.11. The van der Waals surface area contributed by atoms with Crippen molar-refractivity contribution in [1.29, 1.82) is 1.12 Å². The lowest BCUT2D eigenvalue weighted by atomic mass is 10.5. The standard InChI is InChI=1S/C3H7NO4S/c5-2-1-3(6)7-4-8-9/h4-5,9H,1-2H2/i/hT. The van der Waals surface area contributed by atoms with E-state index in [1.165, 1.54) is 0 Å². The van der Waals surface area contributed by atoms with Gasteiger partial charge in [-0.2, -0.15) is 4.28 Å². The smallest absolute Gasteiger partial charge is 0.330 e. The first-order valence-corrected chi connectivity index (χ1v) is 2.49. The van der Waals surface area contributed by atoms with E-state index < -0.39 is 5.97 Å². The molecule has 0 aliphatic carbocycles. The summed E-state index contributed by atoms with van der Waals surface area (Å²) < 4.78 is 10.4. The molecule has 0 radical (unpaired) electrons. The quantitative estimate of drug-likeness (QED) is 0.210. The van der Waals surface area contributed by atoms with Crippen molar-refractivity contribution in [2.24, 2.45) is 0 Å². The Balaban J connectivity index is 3.05. The number of thiol groups is 1. The van der Waals surface area contributed by atoms with Crippen LogP contribution in [0.2, 0.25) is 0 Å². The fraction of sp³-hybridized carbons (Fsp3) is 0.667. The molecule has 0 saturated heterocycles. The molecule has 0 unspecified atom stereocenters. The van der Waals surface area contributed by atoms with Crippen LogP contribution in [0.15, 0.2) is 0 Å². The molecule has 0 spiro atoms. The zero-order chi connectivity index (χ0) is 7.82. The molecule has 54 valence electrons. The second-order valence-corrected chi connectivity index (χ2v) is 1.28. The van der Waals surface area contributed by atoms with Crippen molar-refractivity contribution >= 4 is 18.8 Å². The second kappa shape index (κ2) is 5.83. The van der Waals surface area contributed by atoms with Crippen LogP contribution in [0.4, 0.5) is 0 Å². The van der Waals surface area contributed by atoms with Crippen LogP contribution in [0.25, 0.3) is 0 Å². The van der Waals surface area contributed by atoms with Crippen molar-refractivity contribution in [3.05, 3.63) is 0 Å². The normalized spacial score (nSPS) is 10.6. The minimum Gasteiger partial charge on any atom is -0.396 e. The van der Waals surface area contributed by atoms with Gasteiger partial charge in [-0.1, -0.05) is 0 Å². The van der Waals surface area contributed by atoms with Crippen LogP contribution in [0.3, 0.4) is 0 Å². The van der Waals surface area contributed by atoms with E-state index in [4.69, 9.17) is 6.23 Å². The number of hydrogen-bond donors (Lipinski definition) is 3. The van der Waals surface area contributed by atoms with Crippen molar-refractivity contribution in [3.63, 3.8) is 0 Å². The fourth-order valence-corrected chi connectivity index (χ4v) is 0.240. The van der Waals surface area contributed by atoms with Crippen molar-refractivity contribution < 1.29 is 19.0 Å². The van der Waals surface area contributed by atoms with E-state index in [1.807, 2.05) is 0 Å². The number of aliphatic hydroxyl groups is 1. The van der Waals surface area contributed by atoms with E-state index in [0.717, 1.165) is 0 Å². The van der Waals surface area contributed by atoms with E-state index in [1.54, 1.807) is 5.64 Å². The maximum Gasteiger partial charge on any atom is 0.330 e. The summed E-state index contributed by atoms with van der Waals surface area (Å²) in [5.41, 5.74) is 1.73. The molecule has 0 aliphatic heterocycles. The predicted octanol–water partition coefficient (Wildman–Crippen LogP) is -0.807. The van der Waals surface area contributed by atoms with Crippen molar-refractivity contribution in [2.45, 2.75) is 6.42 Å². The van der Waals surface area contributed by atoms with E-state index >= 15 is 0 Å². The van der Waals surface area contributed by atoms with Gasteiger partial charge in [-0.3, -0.25) is 4.79 Å². The number of rotatable bonds is 5. The summed E-state index contributed by atoms with van der Waals surface area (Å²) in [6, 6.07) is 0. The lowest BCUT2D eigenvalue weighted by Gasteiger charge is -1.98. The van der Waals surface area contributed by atoms with Crippen molar-refractivity contribution in [3.8, 4) is 0 Å². The van der Waals surface area contributed by atoms with Gasteiger partial charge in [0.15, 0.2) is 0 Å². The highest BCUT2D eigenvalue weighted by molar-refractivity contribution is 7.75. The van der Waals surface area contributed by atoms with E-state index in [2.05, 4.69) is 9.12 Å².